The van der Waals surface area contributed by atoms with Crippen molar-refractivity contribution in [3.63, 3.8) is 0 Å². The van der Waals surface area contributed by atoms with Gasteiger partial charge in [-0.3, -0.25) is 9.59 Å². The van der Waals surface area contributed by atoms with Crippen LogP contribution in [0.1, 0.15) is 341 Å². The van der Waals surface area contributed by atoms with Crippen molar-refractivity contribution in [3.05, 3.63) is 36.5 Å². The highest BCUT2D eigenvalue weighted by Crippen LogP contribution is 2.17. The van der Waals surface area contributed by atoms with Crippen molar-refractivity contribution in [1.82, 2.24) is 5.32 Å². The van der Waals surface area contributed by atoms with E-state index in [1.807, 2.05) is 6.08 Å². The summed E-state index contributed by atoms with van der Waals surface area (Å²) >= 11 is 0. The minimum atomic E-state index is -0.863. The fourth-order valence-corrected chi connectivity index (χ4v) is 9.74. The van der Waals surface area contributed by atoms with E-state index in [-0.39, 0.29) is 18.5 Å². The van der Waals surface area contributed by atoms with E-state index in [2.05, 4.69) is 43.5 Å². The molecule has 0 aromatic rings. The zero-order valence-electron chi connectivity index (χ0n) is 47.7. The summed E-state index contributed by atoms with van der Waals surface area (Å²) in [5.74, 6) is -0.109. The van der Waals surface area contributed by atoms with Crippen LogP contribution in [0.4, 0.5) is 0 Å². The maximum Gasteiger partial charge on any atom is 0.305 e. The molecule has 1 amide bonds. The van der Waals surface area contributed by atoms with Gasteiger partial charge in [-0.1, -0.05) is 281 Å². The standard InChI is InChI=1S/C65H123NO5/c1-3-5-7-9-11-13-15-17-19-21-23-24-25-27-28-30-33-37-41-45-49-53-57-63(68)62(61-67)66-64(69)58-54-50-46-42-38-34-32-36-40-44-48-52-56-60-71-65(70)59-55-51-47-43-39-35-31-29-26-22-20-18-16-14-12-10-8-6-4-2/h18,20,34,38,53,57,62-63,67-68H,3-17,19,21-33,35-37,39-52,54-56,58-61H2,1-2H3,(H,66,69)/b20-18-,38-34-,57-53+. The summed E-state index contributed by atoms with van der Waals surface area (Å²) in [5.41, 5.74) is 0. The Balaban J connectivity index is 3.50. The Morgan fingerprint density at radius 2 is 0.662 bits per heavy atom. The van der Waals surface area contributed by atoms with E-state index in [0.717, 1.165) is 70.6 Å². The Morgan fingerprint density at radius 1 is 0.380 bits per heavy atom. The molecule has 3 N–H and O–H groups in total. The van der Waals surface area contributed by atoms with Crippen molar-refractivity contribution in [2.75, 3.05) is 13.2 Å². The van der Waals surface area contributed by atoms with Gasteiger partial charge in [0.15, 0.2) is 0 Å². The molecule has 0 aromatic carbocycles. The van der Waals surface area contributed by atoms with Crippen LogP contribution in [0.2, 0.25) is 0 Å². The van der Waals surface area contributed by atoms with Gasteiger partial charge in [-0.2, -0.15) is 0 Å². The lowest BCUT2D eigenvalue weighted by Crippen LogP contribution is -2.45. The molecule has 0 heterocycles. The first-order valence-corrected chi connectivity index (χ1v) is 31.8. The van der Waals surface area contributed by atoms with E-state index in [1.165, 1.54) is 244 Å². The number of aliphatic hydroxyl groups excluding tert-OH is 2. The van der Waals surface area contributed by atoms with Gasteiger partial charge in [0.2, 0.25) is 5.91 Å². The molecular formula is C65H123NO5. The van der Waals surface area contributed by atoms with Gasteiger partial charge in [-0.05, 0) is 83.5 Å². The summed E-state index contributed by atoms with van der Waals surface area (Å²) in [4.78, 5) is 24.6. The zero-order valence-corrected chi connectivity index (χ0v) is 47.7. The van der Waals surface area contributed by atoms with E-state index in [4.69, 9.17) is 4.74 Å². The van der Waals surface area contributed by atoms with E-state index < -0.39 is 12.1 Å². The van der Waals surface area contributed by atoms with Crippen molar-refractivity contribution in [3.8, 4) is 0 Å². The van der Waals surface area contributed by atoms with E-state index in [9.17, 15) is 19.8 Å². The molecule has 6 heteroatoms. The molecule has 71 heavy (non-hydrogen) atoms. The number of allylic oxidation sites excluding steroid dienone is 5. The Hall–Kier alpha value is -1.92. The van der Waals surface area contributed by atoms with Crippen LogP contribution in [-0.4, -0.2) is 47.4 Å². The lowest BCUT2D eigenvalue weighted by molar-refractivity contribution is -0.143. The van der Waals surface area contributed by atoms with Gasteiger partial charge in [0.25, 0.3) is 0 Å². The number of carbonyl (C=O) groups is 2. The van der Waals surface area contributed by atoms with Crippen molar-refractivity contribution in [1.29, 1.82) is 0 Å². The minimum absolute atomic E-state index is 0.0139. The van der Waals surface area contributed by atoms with Gasteiger partial charge in [0, 0.05) is 12.8 Å². The molecule has 0 aromatic heterocycles. The summed E-state index contributed by atoms with van der Waals surface area (Å²) in [6, 6.07) is -0.650. The van der Waals surface area contributed by atoms with Gasteiger partial charge in [0.05, 0.1) is 25.4 Å². The van der Waals surface area contributed by atoms with Gasteiger partial charge < -0.3 is 20.3 Å². The molecule has 0 bridgehead atoms. The number of ether oxygens (including phenoxy) is 1. The van der Waals surface area contributed by atoms with Crippen molar-refractivity contribution in [2.45, 2.75) is 353 Å². The third-order valence-electron chi connectivity index (χ3n) is 14.6. The molecule has 0 spiro atoms. The van der Waals surface area contributed by atoms with Crippen LogP contribution in [0, 0.1) is 0 Å². The first kappa shape index (κ1) is 69.1. The highest BCUT2D eigenvalue weighted by Gasteiger charge is 2.18. The topological polar surface area (TPSA) is 95.9 Å². The molecule has 0 aliphatic heterocycles. The van der Waals surface area contributed by atoms with Crippen LogP contribution < -0.4 is 5.32 Å². The van der Waals surface area contributed by atoms with Crippen molar-refractivity contribution >= 4 is 11.9 Å². The Morgan fingerprint density at radius 3 is 1.01 bits per heavy atom. The molecule has 0 aliphatic carbocycles. The van der Waals surface area contributed by atoms with Crippen LogP contribution in [-0.2, 0) is 14.3 Å². The number of esters is 1. The van der Waals surface area contributed by atoms with Gasteiger partial charge >= 0.3 is 5.97 Å². The quantitative estimate of drug-likeness (QED) is 0.0321. The predicted molar refractivity (Wildman–Crippen MR) is 310 cm³/mol. The monoisotopic (exact) mass is 998 g/mol. The number of rotatable bonds is 59. The third kappa shape index (κ3) is 57.2. The number of hydrogen-bond donors (Lipinski definition) is 3. The average molecular weight is 999 g/mol. The summed E-state index contributed by atoms with van der Waals surface area (Å²) in [6.07, 6.45) is 76.1. The molecule has 0 saturated carbocycles. The fraction of sp³-hybridized carbons (Fsp3) is 0.877. The SMILES string of the molecule is CCCCCCCC/C=C\CCCCCCCCCCCC(=O)OCCCCCCCC/C=C\CCCCCC(=O)NC(CO)C(O)/C=C/CCCCCCCCCCCCCCCCCCCCCC. The minimum Gasteiger partial charge on any atom is -0.466 e. The summed E-state index contributed by atoms with van der Waals surface area (Å²) in [6.45, 7) is 4.88. The van der Waals surface area contributed by atoms with E-state index in [0.29, 0.717) is 19.4 Å². The maximum absolute atomic E-state index is 12.5. The first-order chi connectivity index (χ1) is 35.0. The first-order valence-electron chi connectivity index (χ1n) is 31.8. The number of carbonyl (C=O) groups excluding carboxylic acids is 2. The number of aliphatic hydroxyl groups is 2. The second-order valence-corrected chi connectivity index (χ2v) is 21.7. The van der Waals surface area contributed by atoms with Crippen LogP contribution in [0.15, 0.2) is 36.5 Å². The van der Waals surface area contributed by atoms with Crippen LogP contribution in [0.25, 0.3) is 0 Å². The predicted octanol–water partition coefficient (Wildman–Crippen LogP) is 20.0. The number of unbranched alkanes of at least 4 members (excludes halogenated alkanes) is 44. The highest BCUT2D eigenvalue weighted by molar-refractivity contribution is 5.76. The molecule has 2 unspecified atom stereocenters. The number of amides is 1. The van der Waals surface area contributed by atoms with E-state index >= 15 is 0 Å². The number of hydrogen-bond acceptors (Lipinski definition) is 5. The number of nitrogens with one attached hydrogen (secondary N) is 1. The molecule has 0 radical (unpaired) electrons. The van der Waals surface area contributed by atoms with Crippen LogP contribution in [0.5, 0.6) is 0 Å². The summed E-state index contributed by atoms with van der Waals surface area (Å²) < 4.78 is 5.48. The average Bonchev–Trinajstić information content (AvgIpc) is 3.37. The zero-order chi connectivity index (χ0) is 51.4. The summed E-state index contributed by atoms with van der Waals surface area (Å²) in [5, 5.41) is 23.2. The molecule has 0 aliphatic rings. The smallest absolute Gasteiger partial charge is 0.305 e. The van der Waals surface area contributed by atoms with E-state index in [1.54, 1.807) is 6.08 Å². The second-order valence-electron chi connectivity index (χ2n) is 21.7. The lowest BCUT2D eigenvalue weighted by atomic mass is 10.0. The molecule has 6 nitrogen and oxygen atoms in total. The maximum atomic E-state index is 12.5. The Kier molecular flexibility index (Phi) is 59.0. The van der Waals surface area contributed by atoms with Crippen molar-refractivity contribution < 1.29 is 24.5 Å². The van der Waals surface area contributed by atoms with Crippen molar-refractivity contribution in [2.24, 2.45) is 0 Å². The highest BCUT2D eigenvalue weighted by atomic mass is 16.5. The fourth-order valence-electron chi connectivity index (χ4n) is 9.74. The molecule has 0 rings (SSSR count). The van der Waals surface area contributed by atoms with Gasteiger partial charge in [0.1, 0.15) is 0 Å². The summed E-state index contributed by atoms with van der Waals surface area (Å²) in [7, 11) is 0. The Labute approximate surface area is 443 Å². The second kappa shape index (κ2) is 60.6. The Bertz CT molecular complexity index is 1150. The third-order valence-corrected chi connectivity index (χ3v) is 14.6. The largest absolute Gasteiger partial charge is 0.466 e. The molecule has 0 fully saturated rings. The normalized spacial score (nSPS) is 12.8. The van der Waals surface area contributed by atoms with Crippen LogP contribution >= 0.6 is 0 Å². The van der Waals surface area contributed by atoms with Gasteiger partial charge in [-0.25, -0.2) is 0 Å². The van der Waals surface area contributed by atoms with Crippen LogP contribution in [0.3, 0.4) is 0 Å². The molecule has 0 saturated heterocycles. The molecule has 418 valence electrons. The lowest BCUT2D eigenvalue weighted by Gasteiger charge is -2.19. The molecule has 2 atom stereocenters. The van der Waals surface area contributed by atoms with Gasteiger partial charge in [-0.15, -0.1) is 0 Å². The molecular weight excluding hydrogens is 875 g/mol.